The number of hydrogen-bond acceptors (Lipinski definition) is 2. The molecule has 5 nitrogen and oxygen atoms in total. The van der Waals surface area contributed by atoms with Crippen LogP contribution in [0.15, 0.2) is 18.2 Å². The molecule has 2 atom stereocenters. The summed E-state index contributed by atoms with van der Waals surface area (Å²) in [5, 5.41) is 12.2. The van der Waals surface area contributed by atoms with Gasteiger partial charge in [0.25, 0.3) is 5.91 Å². The molecule has 0 bridgehead atoms. The van der Waals surface area contributed by atoms with Gasteiger partial charge in [-0.3, -0.25) is 9.59 Å². The van der Waals surface area contributed by atoms with Gasteiger partial charge in [0.2, 0.25) is 0 Å². The highest BCUT2D eigenvalue weighted by Gasteiger charge is 2.26. The third kappa shape index (κ3) is 2.77. The van der Waals surface area contributed by atoms with Crippen molar-refractivity contribution in [3.63, 3.8) is 0 Å². The largest absolute Gasteiger partial charge is 0.481 e. The Bertz CT molecular complexity index is 566. The maximum Gasteiger partial charge on any atom is 0.310 e. The van der Waals surface area contributed by atoms with Gasteiger partial charge in [0, 0.05) is 13.1 Å². The predicted molar refractivity (Wildman–Crippen MR) is 71.6 cm³/mol. The highest BCUT2D eigenvalue weighted by molar-refractivity contribution is 6.41. The topological polar surface area (TPSA) is 71.3 Å². The van der Waals surface area contributed by atoms with E-state index in [-0.39, 0.29) is 17.1 Å². The Labute approximate surface area is 119 Å². The number of aliphatic carboxylic acids is 1. The third-order valence-corrected chi connectivity index (χ3v) is 3.91. The van der Waals surface area contributed by atoms with E-state index >= 15 is 0 Å². The molecular weight excluding hydrogens is 291 g/mol. The standard InChI is InChI=1S/C12H12Cl2N2O3/c1-16-9(5-8(13)10(16)14)11(17)15-7-3-2-6(4-7)12(18)19/h2-3,5-7H,4H2,1H3,(H,15,17)(H,18,19). The molecule has 0 saturated heterocycles. The fourth-order valence-corrected chi connectivity index (χ4v) is 2.37. The molecule has 19 heavy (non-hydrogen) atoms. The average Bonchev–Trinajstić information content (AvgIpc) is 2.90. The number of carboxylic acid groups (broad SMARTS) is 1. The van der Waals surface area contributed by atoms with E-state index in [1.54, 1.807) is 19.2 Å². The predicted octanol–water partition coefficient (Wildman–Crippen LogP) is 2.09. The van der Waals surface area contributed by atoms with Crippen molar-refractivity contribution < 1.29 is 14.7 Å². The van der Waals surface area contributed by atoms with Crippen LogP contribution in [0.5, 0.6) is 0 Å². The van der Waals surface area contributed by atoms with E-state index < -0.39 is 11.9 Å². The van der Waals surface area contributed by atoms with Crippen molar-refractivity contribution in [3.8, 4) is 0 Å². The van der Waals surface area contributed by atoms with Crippen LogP contribution in [0.1, 0.15) is 16.9 Å². The number of aromatic nitrogens is 1. The van der Waals surface area contributed by atoms with E-state index in [9.17, 15) is 9.59 Å². The lowest BCUT2D eigenvalue weighted by Crippen LogP contribution is -2.34. The molecule has 7 heteroatoms. The van der Waals surface area contributed by atoms with Crippen LogP contribution in [0.4, 0.5) is 0 Å². The SMILES string of the molecule is Cn1c(C(=O)NC2C=CC(C(=O)O)C2)cc(Cl)c1Cl. The number of nitrogens with zero attached hydrogens (tertiary/aromatic N) is 1. The Balaban J connectivity index is 2.05. The van der Waals surface area contributed by atoms with Gasteiger partial charge < -0.3 is 15.0 Å². The molecule has 1 amide bonds. The number of hydrogen-bond donors (Lipinski definition) is 2. The average molecular weight is 303 g/mol. The summed E-state index contributed by atoms with van der Waals surface area (Å²) in [6.45, 7) is 0. The van der Waals surface area contributed by atoms with Crippen molar-refractivity contribution in [1.29, 1.82) is 0 Å². The van der Waals surface area contributed by atoms with Crippen molar-refractivity contribution in [1.82, 2.24) is 9.88 Å². The molecule has 1 aliphatic rings. The molecule has 0 saturated carbocycles. The Morgan fingerprint density at radius 3 is 2.58 bits per heavy atom. The van der Waals surface area contributed by atoms with Crippen LogP contribution in [0, 0.1) is 5.92 Å². The Hall–Kier alpha value is -1.46. The van der Waals surface area contributed by atoms with Crippen LogP contribution in [0.3, 0.4) is 0 Å². The van der Waals surface area contributed by atoms with Crippen LogP contribution in [-0.2, 0) is 11.8 Å². The van der Waals surface area contributed by atoms with E-state index in [4.69, 9.17) is 28.3 Å². The first-order valence-corrected chi connectivity index (χ1v) is 6.38. The Morgan fingerprint density at radius 2 is 2.11 bits per heavy atom. The number of halogens is 2. The lowest BCUT2D eigenvalue weighted by atomic mass is 10.1. The Kier molecular flexibility index (Phi) is 3.87. The number of rotatable bonds is 3. The molecule has 2 rings (SSSR count). The van der Waals surface area contributed by atoms with E-state index in [1.165, 1.54) is 10.6 Å². The Morgan fingerprint density at radius 1 is 1.42 bits per heavy atom. The van der Waals surface area contributed by atoms with Crippen molar-refractivity contribution in [3.05, 3.63) is 34.1 Å². The summed E-state index contributed by atoms with van der Waals surface area (Å²) in [6, 6.07) is 1.19. The van der Waals surface area contributed by atoms with Crippen molar-refractivity contribution in [2.45, 2.75) is 12.5 Å². The van der Waals surface area contributed by atoms with Crippen molar-refractivity contribution in [2.75, 3.05) is 0 Å². The van der Waals surface area contributed by atoms with E-state index in [0.717, 1.165) is 0 Å². The first-order valence-electron chi connectivity index (χ1n) is 5.63. The van der Waals surface area contributed by atoms with Crippen LogP contribution in [0.25, 0.3) is 0 Å². The maximum absolute atomic E-state index is 12.0. The summed E-state index contributed by atoms with van der Waals surface area (Å²) < 4.78 is 1.48. The van der Waals surface area contributed by atoms with Gasteiger partial charge in [-0.25, -0.2) is 0 Å². The maximum atomic E-state index is 12.0. The molecule has 0 aromatic carbocycles. The first-order chi connectivity index (χ1) is 8.90. The van der Waals surface area contributed by atoms with Crippen molar-refractivity contribution >= 4 is 35.1 Å². The van der Waals surface area contributed by atoms with Crippen LogP contribution in [-0.4, -0.2) is 27.6 Å². The van der Waals surface area contributed by atoms with Crippen LogP contribution < -0.4 is 5.32 Å². The van der Waals surface area contributed by atoms with Gasteiger partial charge in [-0.05, 0) is 12.5 Å². The zero-order chi connectivity index (χ0) is 14.2. The van der Waals surface area contributed by atoms with Gasteiger partial charge in [-0.1, -0.05) is 35.4 Å². The van der Waals surface area contributed by atoms with Gasteiger partial charge in [0.15, 0.2) is 0 Å². The summed E-state index contributed by atoms with van der Waals surface area (Å²) in [5.74, 6) is -1.78. The second-order valence-electron chi connectivity index (χ2n) is 4.37. The number of carbonyl (C=O) groups excluding carboxylic acids is 1. The monoisotopic (exact) mass is 302 g/mol. The minimum absolute atomic E-state index is 0.289. The molecule has 1 heterocycles. The lowest BCUT2D eigenvalue weighted by molar-refractivity contribution is -0.140. The van der Waals surface area contributed by atoms with Gasteiger partial charge in [0.1, 0.15) is 10.8 Å². The molecule has 0 fully saturated rings. The third-order valence-electron chi connectivity index (χ3n) is 3.07. The van der Waals surface area contributed by atoms with Gasteiger partial charge in [0.05, 0.1) is 10.9 Å². The quantitative estimate of drug-likeness (QED) is 0.840. The minimum Gasteiger partial charge on any atom is -0.481 e. The van der Waals surface area contributed by atoms with Gasteiger partial charge in [-0.15, -0.1) is 0 Å². The highest BCUT2D eigenvalue weighted by Crippen LogP contribution is 2.25. The van der Waals surface area contributed by atoms with E-state index in [1.807, 2.05) is 0 Å². The highest BCUT2D eigenvalue weighted by atomic mass is 35.5. The van der Waals surface area contributed by atoms with Gasteiger partial charge >= 0.3 is 5.97 Å². The molecule has 2 unspecified atom stereocenters. The number of carbonyl (C=O) groups is 2. The molecule has 102 valence electrons. The summed E-state index contributed by atoms with van der Waals surface area (Å²) in [7, 11) is 1.63. The summed E-state index contributed by atoms with van der Waals surface area (Å²) in [4.78, 5) is 22.8. The zero-order valence-electron chi connectivity index (χ0n) is 10.1. The normalized spacial score (nSPS) is 21.6. The molecule has 0 radical (unpaired) electrons. The number of amides is 1. The second-order valence-corrected chi connectivity index (χ2v) is 5.14. The van der Waals surface area contributed by atoms with E-state index in [2.05, 4.69) is 5.32 Å². The summed E-state index contributed by atoms with van der Waals surface area (Å²) >= 11 is 11.7. The molecule has 1 aromatic heterocycles. The number of nitrogens with one attached hydrogen (secondary N) is 1. The zero-order valence-corrected chi connectivity index (χ0v) is 11.6. The molecule has 1 aliphatic carbocycles. The van der Waals surface area contributed by atoms with Crippen LogP contribution in [0.2, 0.25) is 10.2 Å². The molecule has 1 aromatic rings. The second kappa shape index (κ2) is 5.27. The summed E-state index contributed by atoms with van der Waals surface area (Å²) in [5.41, 5.74) is 0.335. The minimum atomic E-state index is -0.891. The lowest BCUT2D eigenvalue weighted by Gasteiger charge is -2.12. The van der Waals surface area contributed by atoms with Gasteiger partial charge in [-0.2, -0.15) is 0 Å². The summed E-state index contributed by atoms with van der Waals surface area (Å²) in [6.07, 6.45) is 3.62. The van der Waals surface area contributed by atoms with E-state index in [0.29, 0.717) is 17.1 Å². The fraction of sp³-hybridized carbons (Fsp3) is 0.333. The van der Waals surface area contributed by atoms with Crippen LogP contribution >= 0.6 is 23.2 Å². The molecule has 2 N–H and O–H groups in total. The number of carboxylic acids is 1. The smallest absolute Gasteiger partial charge is 0.310 e. The fourth-order valence-electron chi connectivity index (χ4n) is 1.99. The molecule has 0 aliphatic heterocycles. The molecule has 0 spiro atoms. The first kappa shape index (κ1) is 14.0. The van der Waals surface area contributed by atoms with Crippen molar-refractivity contribution in [2.24, 2.45) is 13.0 Å². The molecular formula is C12H12Cl2N2O3.